The van der Waals surface area contributed by atoms with Gasteiger partial charge in [0.15, 0.2) is 0 Å². The van der Waals surface area contributed by atoms with Crippen LogP contribution in [0.1, 0.15) is 32.8 Å². The minimum absolute atomic E-state index is 0.236. The van der Waals surface area contributed by atoms with Crippen molar-refractivity contribution >= 4 is 33.2 Å². The van der Waals surface area contributed by atoms with Crippen molar-refractivity contribution < 1.29 is 9.53 Å². The average molecular weight is 316 g/mol. The molecule has 0 N–H and O–H groups in total. The first-order valence-corrected chi connectivity index (χ1v) is 8.31. The van der Waals surface area contributed by atoms with Gasteiger partial charge in [-0.3, -0.25) is 0 Å². The number of carbonyl (C=O) groups excluding carboxylic acids is 1. The number of ether oxygens (including phenoxy) is 1. The van der Waals surface area contributed by atoms with Crippen LogP contribution in [0, 0.1) is 0 Å². The van der Waals surface area contributed by atoms with Gasteiger partial charge >= 0.3 is 6.09 Å². The Labute approximate surface area is 134 Å². The Morgan fingerprint density at radius 1 is 1.41 bits per heavy atom. The molecular formula is C17H20N2O2S. The predicted molar refractivity (Wildman–Crippen MR) is 90.0 cm³/mol. The smallest absolute Gasteiger partial charge is 0.410 e. The van der Waals surface area contributed by atoms with E-state index in [-0.39, 0.29) is 6.09 Å². The van der Waals surface area contributed by atoms with Crippen LogP contribution in [0.2, 0.25) is 0 Å². The second-order valence-electron chi connectivity index (χ2n) is 6.41. The number of carbonyl (C=O) groups is 1. The quantitative estimate of drug-likeness (QED) is 0.787. The van der Waals surface area contributed by atoms with Gasteiger partial charge in [0.2, 0.25) is 0 Å². The number of hydrogen-bond donors (Lipinski definition) is 0. The largest absolute Gasteiger partial charge is 0.444 e. The van der Waals surface area contributed by atoms with E-state index in [1.165, 1.54) is 16.5 Å². The minimum atomic E-state index is -0.448. The van der Waals surface area contributed by atoms with Gasteiger partial charge in [-0.1, -0.05) is 6.08 Å². The number of hydrogen-bond acceptors (Lipinski definition) is 4. The first-order valence-electron chi connectivity index (χ1n) is 7.43. The fourth-order valence-corrected chi connectivity index (χ4v) is 3.46. The van der Waals surface area contributed by atoms with Crippen LogP contribution in [0.25, 0.3) is 15.8 Å². The van der Waals surface area contributed by atoms with Crippen molar-refractivity contribution in [3.8, 4) is 0 Å². The highest BCUT2D eigenvalue weighted by Crippen LogP contribution is 2.32. The van der Waals surface area contributed by atoms with E-state index in [0.717, 1.165) is 11.3 Å². The number of fused-ring (bicyclic) bond motifs is 1. The van der Waals surface area contributed by atoms with Crippen molar-refractivity contribution in [3.05, 3.63) is 35.3 Å². The Hall–Kier alpha value is -1.88. The highest BCUT2D eigenvalue weighted by Gasteiger charge is 2.24. The van der Waals surface area contributed by atoms with E-state index in [9.17, 15) is 4.79 Å². The molecule has 116 valence electrons. The molecule has 4 nitrogen and oxygen atoms in total. The number of rotatable bonds is 1. The zero-order chi connectivity index (χ0) is 15.7. The molecule has 0 bridgehead atoms. The predicted octanol–water partition coefficient (Wildman–Crippen LogP) is 4.32. The lowest BCUT2D eigenvalue weighted by Gasteiger charge is -2.29. The first kappa shape index (κ1) is 15.0. The summed E-state index contributed by atoms with van der Waals surface area (Å²) in [4.78, 5) is 19.3. The number of aromatic nitrogens is 1. The molecular weight excluding hydrogens is 296 g/mol. The van der Waals surface area contributed by atoms with E-state index < -0.39 is 5.60 Å². The van der Waals surface area contributed by atoms with Crippen LogP contribution in [0.15, 0.2) is 29.8 Å². The van der Waals surface area contributed by atoms with Crippen LogP contribution >= 0.6 is 11.3 Å². The summed E-state index contributed by atoms with van der Waals surface area (Å²) in [6, 6.07) is 4.07. The lowest BCUT2D eigenvalue weighted by atomic mass is 10.00. The monoisotopic (exact) mass is 316 g/mol. The zero-order valence-corrected chi connectivity index (χ0v) is 13.9. The molecule has 0 saturated heterocycles. The molecule has 22 heavy (non-hydrogen) atoms. The van der Waals surface area contributed by atoms with Crippen molar-refractivity contribution in [2.24, 2.45) is 0 Å². The van der Waals surface area contributed by atoms with Crippen molar-refractivity contribution in [2.75, 3.05) is 13.1 Å². The third-order valence-corrected chi connectivity index (χ3v) is 4.46. The van der Waals surface area contributed by atoms with Gasteiger partial charge in [0.25, 0.3) is 0 Å². The van der Waals surface area contributed by atoms with Gasteiger partial charge in [-0.05, 0) is 50.5 Å². The van der Waals surface area contributed by atoms with Gasteiger partial charge in [-0.2, -0.15) is 0 Å². The molecule has 0 atom stereocenters. The third-order valence-electron chi connectivity index (χ3n) is 3.56. The van der Waals surface area contributed by atoms with Gasteiger partial charge in [-0.15, -0.1) is 11.3 Å². The molecule has 1 aliphatic rings. The summed E-state index contributed by atoms with van der Waals surface area (Å²) in [5.41, 5.74) is 2.09. The lowest BCUT2D eigenvalue weighted by molar-refractivity contribution is 0.0270. The summed E-state index contributed by atoms with van der Waals surface area (Å²) < 4.78 is 5.42. The number of amides is 1. The molecule has 0 radical (unpaired) electrons. The fraction of sp³-hybridized carbons (Fsp3) is 0.412. The van der Waals surface area contributed by atoms with Gasteiger partial charge in [0.1, 0.15) is 10.4 Å². The maximum absolute atomic E-state index is 12.1. The Balaban J connectivity index is 1.75. The first-order chi connectivity index (χ1) is 10.4. The summed E-state index contributed by atoms with van der Waals surface area (Å²) in [5, 5.41) is 3.36. The summed E-state index contributed by atoms with van der Waals surface area (Å²) in [7, 11) is 0. The molecule has 5 heteroatoms. The maximum Gasteiger partial charge on any atom is 0.410 e. The van der Waals surface area contributed by atoms with Crippen molar-refractivity contribution in [1.82, 2.24) is 9.88 Å². The van der Waals surface area contributed by atoms with Crippen LogP contribution in [-0.4, -0.2) is 34.7 Å². The Morgan fingerprint density at radius 2 is 2.23 bits per heavy atom. The molecule has 1 amide bonds. The molecule has 3 heterocycles. The molecule has 0 saturated carbocycles. The van der Waals surface area contributed by atoms with Crippen LogP contribution in [-0.2, 0) is 4.74 Å². The van der Waals surface area contributed by atoms with Crippen molar-refractivity contribution in [3.63, 3.8) is 0 Å². The maximum atomic E-state index is 12.1. The summed E-state index contributed by atoms with van der Waals surface area (Å²) in [6.07, 6.45) is 4.56. The van der Waals surface area contributed by atoms with Gasteiger partial charge in [0.05, 0.1) is 0 Å². The molecule has 0 aromatic carbocycles. The average Bonchev–Trinajstić information content (AvgIpc) is 2.89. The highest BCUT2D eigenvalue weighted by atomic mass is 32.1. The number of thiophene rings is 1. The molecule has 0 spiro atoms. The molecule has 3 rings (SSSR count). The lowest BCUT2D eigenvalue weighted by Crippen LogP contribution is -2.39. The van der Waals surface area contributed by atoms with Crippen LogP contribution < -0.4 is 0 Å². The van der Waals surface area contributed by atoms with E-state index in [1.54, 1.807) is 16.2 Å². The topological polar surface area (TPSA) is 42.4 Å². The Kier molecular flexibility index (Phi) is 3.91. The van der Waals surface area contributed by atoms with Crippen LogP contribution in [0.3, 0.4) is 0 Å². The Morgan fingerprint density at radius 3 is 2.91 bits per heavy atom. The third kappa shape index (κ3) is 3.14. The number of nitrogens with zero attached hydrogens (tertiary/aromatic N) is 2. The molecule has 0 fully saturated rings. The molecule has 2 aromatic heterocycles. The second-order valence-corrected chi connectivity index (χ2v) is 7.27. The SMILES string of the molecule is CC(C)(C)OC(=O)N1CC=C(c2csc3ncccc23)CC1. The van der Waals surface area contributed by atoms with E-state index in [1.807, 2.05) is 33.0 Å². The normalized spacial score (nSPS) is 15.8. The highest BCUT2D eigenvalue weighted by molar-refractivity contribution is 7.17. The van der Waals surface area contributed by atoms with Crippen molar-refractivity contribution in [2.45, 2.75) is 32.8 Å². The van der Waals surface area contributed by atoms with Crippen LogP contribution in [0.5, 0.6) is 0 Å². The fourth-order valence-electron chi connectivity index (χ4n) is 2.52. The molecule has 1 aliphatic heterocycles. The van der Waals surface area contributed by atoms with E-state index in [4.69, 9.17) is 4.74 Å². The van der Waals surface area contributed by atoms with E-state index >= 15 is 0 Å². The van der Waals surface area contributed by atoms with Crippen molar-refractivity contribution in [1.29, 1.82) is 0 Å². The number of pyridine rings is 1. The van der Waals surface area contributed by atoms with Gasteiger partial charge in [-0.25, -0.2) is 9.78 Å². The Bertz CT molecular complexity index is 728. The van der Waals surface area contributed by atoms with Gasteiger partial charge in [0, 0.05) is 30.1 Å². The summed E-state index contributed by atoms with van der Waals surface area (Å²) in [6.45, 7) is 6.96. The summed E-state index contributed by atoms with van der Waals surface area (Å²) >= 11 is 1.67. The van der Waals surface area contributed by atoms with E-state index in [2.05, 4.69) is 22.5 Å². The second kappa shape index (κ2) is 5.72. The standard InChI is InChI=1S/C17H20N2O2S/c1-17(2,3)21-16(20)19-9-6-12(7-10-19)14-11-22-15-13(14)5-4-8-18-15/h4-6,8,11H,7,9-10H2,1-3H3. The minimum Gasteiger partial charge on any atom is -0.444 e. The van der Waals surface area contributed by atoms with E-state index in [0.29, 0.717) is 13.1 Å². The zero-order valence-electron chi connectivity index (χ0n) is 13.1. The molecule has 0 unspecified atom stereocenters. The molecule has 2 aromatic rings. The summed E-state index contributed by atoms with van der Waals surface area (Å²) in [5.74, 6) is 0. The van der Waals surface area contributed by atoms with Gasteiger partial charge < -0.3 is 9.64 Å². The molecule has 0 aliphatic carbocycles. The van der Waals surface area contributed by atoms with Crippen LogP contribution in [0.4, 0.5) is 4.79 Å².